The van der Waals surface area contributed by atoms with Gasteiger partial charge < -0.3 is 19.4 Å². The van der Waals surface area contributed by atoms with Gasteiger partial charge in [0.25, 0.3) is 5.91 Å². The molecule has 1 amide bonds. The molecule has 0 bridgehead atoms. The summed E-state index contributed by atoms with van der Waals surface area (Å²) >= 11 is 0. The van der Waals surface area contributed by atoms with Crippen LogP contribution in [0.4, 0.5) is 0 Å². The smallest absolute Gasteiger partial charge is 0.271 e. The molecule has 7 nitrogen and oxygen atoms in total. The van der Waals surface area contributed by atoms with E-state index in [1.807, 2.05) is 72.6 Å². The number of aromatic nitrogens is 3. The number of nitrogens with zero attached hydrogens (tertiary/aromatic N) is 3. The zero-order chi connectivity index (χ0) is 24.2. The molecule has 0 saturated carbocycles. The van der Waals surface area contributed by atoms with Crippen LogP contribution < -0.4 is 10.1 Å². The van der Waals surface area contributed by atoms with Gasteiger partial charge in [-0.25, -0.2) is 0 Å². The van der Waals surface area contributed by atoms with E-state index in [-0.39, 0.29) is 18.7 Å². The molecule has 8 heteroatoms. The Labute approximate surface area is 197 Å². The average molecular weight is 469 g/mol. The van der Waals surface area contributed by atoms with Gasteiger partial charge in [0.2, 0.25) is 0 Å². The number of ether oxygens (including phenoxy) is 2. The second kappa shape index (κ2) is 10.4. The van der Waals surface area contributed by atoms with Crippen molar-refractivity contribution in [2.24, 2.45) is 7.05 Å². The maximum Gasteiger partial charge on any atom is 0.271 e. The summed E-state index contributed by atoms with van der Waals surface area (Å²) in [6, 6.07) is 15.0. The summed E-state index contributed by atoms with van der Waals surface area (Å²) in [5.74, 6) is 0.303. The van der Waals surface area contributed by atoms with Gasteiger partial charge in [-0.05, 0) is 31.5 Å². The van der Waals surface area contributed by atoms with E-state index in [0.717, 1.165) is 28.7 Å². The summed E-state index contributed by atoms with van der Waals surface area (Å²) in [7, 11) is 2.30. The third-order valence-corrected chi connectivity index (χ3v) is 7.26. The van der Waals surface area contributed by atoms with Crippen molar-refractivity contribution in [2.75, 3.05) is 13.7 Å². The lowest BCUT2D eigenvalue weighted by molar-refractivity contribution is 0.0792. The van der Waals surface area contributed by atoms with Crippen LogP contribution in [0.2, 0.25) is 25.7 Å². The van der Waals surface area contributed by atoms with E-state index < -0.39 is 8.07 Å². The van der Waals surface area contributed by atoms with E-state index in [4.69, 9.17) is 9.47 Å². The molecule has 0 spiro atoms. The molecule has 0 fully saturated rings. The fraction of sp³-hybridized carbons (Fsp3) is 0.440. The first-order chi connectivity index (χ1) is 15.6. The molecule has 0 aliphatic heterocycles. The number of hydrogen-bond acceptors (Lipinski definition) is 4. The Bertz CT molecular complexity index is 1080. The molecular formula is C25H36N4O3Si. The van der Waals surface area contributed by atoms with Gasteiger partial charge in [0.05, 0.1) is 17.1 Å². The highest BCUT2D eigenvalue weighted by Gasteiger charge is 2.26. The first kappa shape index (κ1) is 24.8. The van der Waals surface area contributed by atoms with Crippen LogP contribution in [0.3, 0.4) is 0 Å². The van der Waals surface area contributed by atoms with Gasteiger partial charge in [0, 0.05) is 34.8 Å². The Hall–Kier alpha value is -2.84. The Morgan fingerprint density at radius 1 is 1.15 bits per heavy atom. The van der Waals surface area contributed by atoms with E-state index >= 15 is 0 Å². The topological polar surface area (TPSA) is 70.3 Å². The molecule has 2 heterocycles. The Morgan fingerprint density at radius 2 is 1.85 bits per heavy atom. The maximum atomic E-state index is 13.0. The maximum absolute atomic E-state index is 13.0. The first-order valence-corrected chi connectivity index (χ1v) is 15.1. The zero-order valence-corrected chi connectivity index (χ0v) is 21.8. The second-order valence-electron chi connectivity index (χ2n) is 9.56. The van der Waals surface area contributed by atoms with Gasteiger partial charge >= 0.3 is 0 Å². The quantitative estimate of drug-likeness (QED) is 0.335. The highest BCUT2D eigenvalue weighted by atomic mass is 28.3. The Kier molecular flexibility index (Phi) is 7.81. The van der Waals surface area contributed by atoms with Crippen LogP contribution in [0.25, 0.3) is 11.4 Å². The van der Waals surface area contributed by atoms with Crippen molar-refractivity contribution in [1.29, 1.82) is 0 Å². The molecule has 2 aromatic heterocycles. The number of hydrogen-bond donors (Lipinski definition) is 1. The first-order valence-electron chi connectivity index (χ1n) is 11.4. The summed E-state index contributed by atoms with van der Waals surface area (Å²) in [5.41, 5.74) is 4.12. The molecule has 0 saturated heterocycles. The summed E-state index contributed by atoms with van der Waals surface area (Å²) in [4.78, 5) is 13.0. The number of aryl methyl sites for hydroxylation is 2. The third-order valence-electron chi connectivity index (χ3n) is 5.56. The highest BCUT2D eigenvalue weighted by molar-refractivity contribution is 6.76. The van der Waals surface area contributed by atoms with Crippen LogP contribution in [-0.2, 0) is 18.5 Å². The van der Waals surface area contributed by atoms with Crippen molar-refractivity contribution in [1.82, 2.24) is 19.7 Å². The molecule has 0 aliphatic carbocycles. The van der Waals surface area contributed by atoms with Crippen molar-refractivity contribution in [3.63, 3.8) is 0 Å². The summed E-state index contributed by atoms with van der Waals surface area (Å²) in [6.07, 6.45) is -0.223. The SMILES string of the molecule is CNC(=O)c1c(OC(C)c2ccccc2)cc(-c2cc(C)nn2C)n1COCC[Si](C)(C)C. The molecule has 3 rings (SSSR count). The van der Waals surface area contributed by atoms with Gasteiger partial charge in [0.15, 0.2) is 11.4 Å². The van der Waals surface area contributed by atoms with Gasteiger partial charge in [0.1, 0.15) is 12.8 Å². The lowest BCUT2D eigenvalue weighted by Gasteiger charge is -2.18. The molecular weight excluding hydrogens is 432 g/mol. The normalized spacial score (nSPS) is 12.6. The van der Waals surface area contributed by atoms with Crippen LogP contribution >= 0.6 is 0 Å². The number of carbonyl (C=O) groups excluding carboxylic acids is 1. The largest absolute Gasteiger partial charge is 0.484 e. The molecule has 0 aliphatic rings. The number of rotatable bonds is 10. The van der Waals surface area contributed by atoms with Gasteiger partial charge in [-0.2, -0.15) is 5.10 Å². The summed E-state index contributed by atoms with van der Waals surface area (Å²) < 4.78 is 16.1. The average Bonchev–Trinajstić information content (AvgIpc) is 3.29. The standard InChI is InChI=1S/C25H36N4O3Si/c1-18-15-21(28(4)27-18)22-16-23(32-19(2)20-11-9-8-10-12-20)24(25(30)26-3)29(22)17-31-13-14-33(5,6)7/h8-12,15-16,19H,13-14,17H2,1-7H3,(H,26,30). The van der Waals surface area contributed by atoms with E-state index in [1.54, 1.807) is 7.05 Å². The summed E-state index contributed by atoms with van der Waals surface area (Å²) in [6.45, 7) is 11.8. The molecule has 1 N–H and O–H groups in total. The van der Waals surface area contributed by atoms with Crippen molar-refractivity contribution in [2.45, 2.75) is 52.4 Å². The molecule has 1 aromatic carbocycles. The minimum Gasteiger partial charge on any atom is -0.484 e. The van der Waals surface area contributed by atoms with Crippen molar-refractivity contribution in [3.8, 4) is 17.1 Å². The van der Waals surface area contributed by atoms with Crippen LogP contribution in [0.1, 0.15) is 34.8 Å². The van der Waals surface area contributed by atoms with Crippen LogP contribution in [0, 0.1) is 6.92 Å². The highest BCUT2D eigenvalue weighted by Crippen LogP contribution is 2.34. The van der Waals surface area contributed by atoms with E-state index in [2.05, 4.69) is 30.1 Å². The fourth-order valence-corrected chi connectivity index (χ4v) is 4.44. The molecule has 33 heavy (non-hydrogen) atoms. The number of benzene rings is 1. The molecule has 1 unspecified atom stereocenters. The number of carbonyl (C=O) groups is 1. The molecule has 3 aromatic rings. The lowest BCUT2D eigenvalue weighted by atomic mass is 10.1. The van der Waals surface area contributed by atoms with Crippen molar-refractivity contribution >= 4 is 14.0 Å². The fourth-order valence-electron chi connectivity index (χ4n) is 3.68. The molecule has 1 atom stereocenters. The Balaban J connectivity index is 2.03. The zero-order valence-electron chi connectivity index (χ0n) is 20.8. The number of amides is 1. The van der Waals surface area contributed by atoms with Gasteiger partial charge in [-0.1, -0.05) is 50.0 Å². The predicted molar refractivity (Wildman–Crippen MR) is 134 cm³/mol. The van der Waals surface area contributed by atoms with Crippen LogP contribution in [-0.4, -0.2) is 42.0 Å². The van der Waals surface area contributed by atoms with Crippen LogP contribution in [0.15, 0.2) is 42.5 Å². The predicted octanol–water partition coefficient (Wildman–Crippen LogP) is 5.01. The Morgan fingerprint density at radius 3 is 2.42 bits per heavy atom. The van der Waals surface area contributed by atoms with Gasteiger partial charge in [-0.3, -0.25) is 9.48 Å². The van der Waals surface area contributed by atoms with Gasteiger partial charge in [-0.15, -0.1) is 0 Å². The van der Waals surface area contributed by atoms with Crippen molar-refractivity contribution < 1.29 is 14.3 Å². The van der Waals surface area contributed by atoms with E-state index in [1.165, 1.54) is 0 Å². The van der Waals surface area contributed by atoms with Crippen LogP contribution in [0.5, 0.6) is 5.75 Å². The second-order valence-corrected chi connectivity index (χ2v) is 15.2. The summed E-state index contributed by atoms with van der Waals surface area (Å²) in [5, 5.41) is 7.26. The minimum atomic E-state index is -1.23. The monoisotopic (exact) mass is 468 g/mol. The lowest BCUT2D eigenvalue weighted by Crippen LogP contribution is -2.25. The number of nitrogens with one attached hydrogen (secondary N) is 1. The van der Waals surface area contributed by atoms with E-state index in [0.29, 0.717) is 18.1 Å². The minimum absolute atomic E-state index is 0.218. The molecule has 0 radical (unpaired) electrons. The van der Waals surface area contributed by atoms with E-state index in [9.17, 15) is 4.79 Å². The third kappa shape index (κ3) is 6.14. The molecule has 178 valence electrons. The van der Waals surface area contributed by atoms with Crippen molar-refractivity contribution in [3.05, 3.63) is 59.4 Å².